The predicted molar refractivity (Wildman–Crippen MR) is 107 cm³/mol. The number of aromatic nitrogens is 5. The number of hydrogen-bond acceptors (Lipinski definition) is 6. The Hall–Kier alpha value is -2.54. The van der Waals surface area contributed by atoms with Crippen LogP contribution in [0.1, 0.15) is 29.5 Å². The molecule has 0 spiro atoms. The van der Waals surface area contributed by atoms with Crippen molar-refractivity contribution < 1.29 is 2.85 Å². The second-order valence-corrected chi connectivity index (χ2v) is 7.52. The molecule has 140 valence electrons. The number of pyridine rings is 1. The summed E-state index contributed by atoms with van der Waals surface area (Å²) in [6.45, 7) is 6.36. The maximum absolute atomic E-state index is 6.35. The number of anilines is 1. The van der Waals surface area contributed by atoms with Gasteiger partial charge in [-0.3, -0.25) is 10.1 Å². The van der Waals surface area contributed by atoms with Gasteiger partial charge in [-0.25, -0.2) is 9.97 Å². The molecule has 1 saturated heterocycles. The van der Waals surface area contributed by atoms with Gasteiger partial charge in [0.15, 0.2) is 5.65 Å². The van der Waals surface area contributed by atoms with Gasteiger partial charge in [-0.15, -0.1) is 0 Å². The Morgan fingerprint density at radius 2 is 2.27 bits per heavy atom. The molecule has 0 saturated carbocycles. The molecule has 1 aliphatic heterocycles. The SMILES string of the molecule is CC(C)CC1CN(c2cncc(-c3[nH]nc4ncccc34)n2)CCC1N.[HH].[HH]. The maximum atomic E-state index is 6.35. The van der Waals surface area contributed by atoms with Gasteiger partial charge in [-0.2, -0.15) is 5.10 Å². The van der Waals surface area contributed by atoms with E-state index in [-0.39, 0.29) is 8.90 Å². The third-order valence-electron chi connectivity index (χ3n) is 5.10. The number of piperidine rings is 1. The minimum atomic E-state index is 0. The van der Waals surface area contributed by atoms with E-state index in [0.717, 1.165) is 48.5 Å². The highest BCUT2D eigenvalue weighted by molar-refractivity contribution is 5.89. The van der Waals surface area contributed by atoms with Crippen LogP contribution >= 0.6 is 0 Å². The highest BCUT2D eigenvalue weighted by Gasteiger charge is 2.28. The van der Waals surface area contributed by atoms with E-state index in [9.17, 15) is 0 Å². The lowest BCUT2D eigenvalue weighted by Gasteiger charge is -2.38. The molecule has 2 unspecified atom stereocenters. The van der Waals surface area contributed by atoms with Crippen molar-refractivity contribution >= 4 is 16.9 Å². The van der Waals surface area contributed by atoms with Crippen molar-refractivity contribution in [2.75, 3.05) is 18.0 Å². The molecule has 0 radical (unpaired) electrons. The molecule has 3 N–H and O–H groups in total. The van der Waals surface area contributed by atoms with Gasteiger partial charge in [0.05, 0.1) is 18.1 Å². The van der Waals surface area contributed by atoms with Crippen molar-refractivity contribution in [2.24, 2.45) is 17.6 Å². The van der Waals surface area contributed by atoms with Crippen molar-refractivity contribution in [3.63, 3.8) is 0 Å². The van der Waals surface area contributed by atoms with Crippen LogP contribution < -0.4 is 10.6 Å². The summed E-state index contributed by atoms with van der Waals surface area (Å²) in [5.41, 5.74) is 8.69. The summed E-state index contributed by atoms with van der Waals surface area (Å²) in [6, 6.07) is 4.17. The molecule has 0 aromatic carbocycles. The fourth-order valence-electron chi connectivity index (χ4n) is 3.79. The monoisotopic (exact) mass is 355 g/mol. The average molecular weight is 355 g/mol. The second kappa shape index (κ2) is 6.99. The lowest BCUT2D eigenvalue weighted by Crippen LogP contribution is -2.47. The molecular formula is C19H29N7. The Morgan fingerprint density at radius 1 is 1.38 bits per heavy atom. The normalized spacial score (nSPS) is 20.8. The molecule has 1 fully saturated rings. The number of nitrogens with one attached hydrogen (secondary N) is 1. The summed E-state index contributed by atoms with van der Waals surface area (Å²) in [6.07, 6.45) is 7.47. The van der Waals surface area contributed by atoms with E-state index in [4.69, 9.17) is 10.7 Å². The second-order valence-electron chi connectivity index (χ2n) is 7.52. The first-order valence-corrected chi connectivity index (χ1v) is 9.24. The topological polar surface area (TPSA) is 96.6 Å². The minimum Gasteiger partial charge on any atom is -0.355 e. The molecule has 4 rings (SSSR count). The molecule has 3 aromatic rings. The summed E-state index contributed by atoms with van der Waals surface area (Å²) in [5.74, 6) is 2.04. The lowest BCUT2D eigenvalue weighted by atomic mass is 9.86. The van der Waals surface area contributed by atoms with E-state index in [1.165, 1.54) is 0 Å². The van der Waals surface area contributed by atoms with Crippen LogP contribution in [0.4, 0.5) is 5.82 Å². The van der Waals surface area contributed by atoms with Crippen LogP contribution in [0.25, 0.3) is 22.4 Å². The first-order chi connectivity index (χ1) is 12.6. The third-order valence-corrected chi connectivity index (χ3v) is 5.10. The summed E-state index contributed by atoms with van der Waals surface area (Å²) >= 11 is 0. The first kappa shape index (κ1) is 16.9. The summed E-state index contributed by atoms with van der Waals surface area (Å²) < 4.78 is 0. The molecule has 0 aliphatic carbocycles. The van der Waals surface area contributed by atoms with Gasteiger partial charge in [0, 0.05) is 33.6 Å². The number of fused-ring (bicyclic) bond motifs is 1. The van der Waals surface area contributed by atoms with Crippen molar-refractivity contribution in [1.29, 1.82) is 0 Å². The molecular weight excluding hydrogens is 326 g/mol. The Bertz CT molecular complexity index is 899. The maximum Gasteiger partial charge on any atom is 0.181 e. The average Bonchev–Trinajstić information content (AvgIpc) is 3.07. The van der Waals surface area contributed by atoms with Crippen molar-refractivity contribution in [3.8, 4) is 11.4 Å². The Kier molecular flexibility index (Phi) is 4.55. The number of H-pyrrole nitrogens is 1. The van der Waals surface area contributed by atoms with E-state index in [1.54, 1.807) is 12.4 Å². The molecule has 4 heterocycles. The van der Waals surface area contributed by atoms with Crippen LogP contribution in [-0.4, -0.2) is 44.3 Å². The molecule has 3 aromatic heterocycles. The Morgan fingerprint density at radius 3 is 3.12 bits per heavy atom. The number of nitrogens with two attached hydrogens (primary N) is 1. The largest absolute Gasteiger partial charge is 0.355 e. The quantitative estimate of drug-likeness (QED) is 0.746. The van der Waals surface area contributed by atoms with Gasteiger partial charge in [0.2, 0.25) is 0 Å². The fraction of sp³-hybridized carbons (Fsp3) is 0.474. The van der Waals surface area contributed by atoms with Crippen LogP contribution in [-0.2, 0) is 0 Å². The van der Waals surface area contributed by atoms with Gasteiger partial charge in [0.1, 0.15) is 11.5 Å². The number of aromatic amines is 1. The molecule has 0 amide bonds. The standard InChI is InChI=1S/C19H25N7.2H2/c1-12(2)8-13-11-26(7-5-15(13)20)17-10-21-9-16(23-17)18-14-4-3-6-22-19(14)25-24-18;;/h3-4,6,9-10,12-13,15H,5,7-8,11,20H2,1-2H3,(H,22,24,25);2*1H. The van der Waals surface area contributed by atoms with Gasteiger partial charge in [-0.05, 0) is 36.8 Å². The predicted octanol–water partition coefficient (Wildman–Crippen LogP) is 3.11. The summed E-state index contributed by atoms with van der Waals surface area (Å²) in [5, 5.41) is 8.26. The Labute approximate surface area is 156 Å². The smallest absolute Gasteiger partial charge is 0.181 e. The van der Waals surface area contributed by atoms with Crippen LogP contribution in [0.2, 0.25) is 0 Å². The zero-order valence-corrected chi connectivity index (χ0v) is 15.3. The number of nitrogens with zero attached hydrogens (tertiary/aromatic N) is 5. The third kappa shape index (κ3) is 3.26. The zero-order valence-electron chi connectivity index (χ0n) is 15.3. The van der Waals surface area contributed by atoms with E-state index >= 15 is 0 Å². The van der Waals surface area contributed by atoms with E-state index in [1.807, 2.05) is 18.3 Å². The molecule has 7 heteroatoms. The van der Waals surface area contributed by atoms with E-state index in [0.29, 0.717) is 17.5 Å². The van der Waals surface area contributed by atoms with Gasteiger partial charge in [0.25, 0.3) is 0 Å². The van der Waals surface area contributed by atoms with Crippen LogP contribution in [0.15, 0.2) is 30.7 Å². The van der Waals surface area contributed by atoms with Crippen molar-refractivity contribution in [3.05, 3.63) is 30.7 Å². The molecule has 26 heavy (non-hydrogen) atoms. The highest BCUT2D eigenvalue weighted by Crippen LogP contribution is 2.28. The van der Waals surface area contributed by atoms with Crippen molar-refractivity contribution in [2.45, 2.75) is 32.7 Å². The van der Waals surface area contributed by atoms with Gasteiger partial charge < -0.3 is 10.6 Å². The van der Waals surface area contributed by atoms with E-state index < -0.39 is 0 Å². The summed E-state index contributed by atoms with van der Waals surface area (Å²) in [4.78, 5) is 15.9. The van der Waals surface area contributed by atoms with Crippen LogP contribution in [0, 0.1) is 11.8 Å². The molecule has 1 aliphatic rings. The molecule has 2 atom stereocenters. The van der Waals surface area contributed by atoms with Crippen molar-refractivity contribution in [1.82, 2.24) is 25.1 Å². The molecule has 0 bridgehead atoms. The molecule has 7 nitrogen and oxygen atoms in total. The minimum absolute atomic E-state index is 0. The zero-order chi connectivity index (χ0) is 18.1. The number of hydrogen-bond donors (Lipinski definition) is 2. The Balaban J connectivity index is 0.00000140. The van der Waals surface area contributed by atoms with Crippen LogP contribution in [0.3, 0.4) is 0 Å². The van der Waals surface area contributed by atoms with Crippen LogP contribution in [0.5, 0.6) is 0 Å². The van der Waals surface area contributed by atoms with Gasteiger partial charge >= 0.3 is 0 Å². The highest BCUT2D eigenvalue weighted by atomic mass is 15.2. The van der Waals surface area contributed by atoms with Gasteiger partial charge in [-0.1, -0.05) is 13.8 Å². The lowest BCUT2D eigenvalue weighted by molar-refractivity contribution is 0.303. The van der Waals surface area contributed by atoms with E-state index in [2.05, 4.69) is 38.9 Å². The summed E-state index contributed by atoms with van der Waals surface area (Å²) in [7, 11) is 0. The first-order valence-electron chi connectivity index (χ1n) is 9.24. The number of rotatable bonds is 4. The fourth-order valence-corrected chi connectivity index (χ4v) is 3.79.